The predicted octanol–water partition coefficient (Wildman–Crippen LogP) is 2.55. The maximum atomic E-state index is 4.22. The average molecular weight is 257 g/mol. The molecule has 67 valence electrons. The van der Waals surface area contributed by atoms with Crippen LogP contribution < -0.4 is 0 Å². The molecule has 1 nitrogen and oxygen atoms in total. The molecule has 1 heterocycles. The standard InChI is InChI=1S/C11H8N.Rh/c1-2-6-10(7-3-1)11-8-4-5-9-12-11;/h1-6,8-9H;/q-1;. The van der Waals surface area contributed by atoms with Gasteiger partial charge in [0.05, 0.1) is 0 Å². The first-order valence-corrected chi connectivity index (χ1v) is 3.85. The van der Waals surface area contributed by atoms with Crippen LogP contribution in [0.1, 0.15) is 0 Å². The summed E-state index contributed by atoms with van der Waals surface area (Å²) in [5.74, 6) is 0. The molecule has 0 fully saturated rings. The first-order valence-electron chi connectivity index (χ1n) is 3.85. The van der Waals surface area contributed by atoms with Gasteiger partial charge < -0.3 is 4.98 Å². The molecule has 1 radical (unpaired) electrons. The maximum Gasteiger partial charge on any atom is 0.0160 e. The van der Waals surface area contributed by atoms with Crippen molar-refractivity contribution in [1.29, 1.82) is 0 Å². The molecule has 2 heteroatoms. The molecule has 1 aromatic heterocycles. The van der Waals surface area contributed by atoms with Crippen LogP contribution in [0.5, 0.6) is 0 Å². The van der Waals surface area contributed by atoms with Crippen LogP contribution >= 0.6 is 0 Å². The minimum atomic E-state index is 0. The molecule has 2 aromatic rings. The van der Waals surface area contributed by atoms with E-state index in [0.717, 1.165) is 11.3 Å². The van der Waals surface area contributed by atoms with E-state index in [4.69, 9.17) is 0 Å². The van der Waals surface area contributed by atoms with E-state index in [-0.39, 0.29) is 19.5 Å². The summed E-state index contributed by atoms with van der Waals surface area (Å²) < 4.78 is 0. The Balaban J connectivity index is 0.000000845. The van der Waals surface area contributed by atoms with Crippen LogP contribution in [0.3, 0.4) is 0 Å². The van der Waals surface area contributed by atoms with Gasteiger partial charge >= 0.3 is 0 Å². The van der Waals surface area contributed by atoms with Crippen molar-refractivity contribution in [1.82, 2.24) is 4.98 Å². The zero-order valence-corrected chi connectivity index (χ0v) is 8.54. The third-order valence-electron chi connectivity index (χ3n) is 1.65. The average Bonchev–Trinajstić information content (AvgIpc) is 2.21. The van der Waals surface area contributed by atoms with Crippen molar-refractivity contribution in [3.63, 3.8) is 0 Å². The van der Waals surface area contributed by atoms with E-state index in [9.17, 15) is 0 Å². The fourth-order valence-electron chi connectivity index (χ4n) is 1.07. The summed E-state index contributed by atoms with van der Waals surface area (Å²) >= 11 is 0. The van der Waals surface area contributed by atoms with E-state index in [1.807, 2.05) is 42.5 Å². The predicted molar refractivity (Wildman–Crippen MR) is 48.5 cm³/mol. The molecule has 13 heavy (non-hydrogen) atoms. The van der Waals surface area contributed by atoms with Gasteiger partial charge in [0.25, 0.3) is 0 Å². The van der Waals surface area contributed by atoms with Gasteiger partial charge in [0.15, 0.2) is 0 Å². The van der Waals surface area contributed by atoms with Gasteiger partial charge in [-0.25, -0.2) is 0 Å². The zero-order valence-electron chi connectivity index (χ0n) is 6.90. The summed E-state index contributed by atoms with van der Waals surface area (Å²) in [6, 6.07) is 16.8. The molecule has 2 rings (SSSR count). The summed E-state index contributed by atoms with van der Waals surface area (Å²) in [5.41, 5.74) is 2.01. The number of rotatable bonds is 1. The Morgan fingerprint density at radius 2 is 1.85 bits per heavy atom. The molecule has 0 amide bonds. The van der Waals surface area contributed by atoms with Gasteiger partial charge in [-0.05, 0) is 11.8 Å². The van der Waals surface area contributed by atoms with Crippen LogP contribution in [0.25, 0.3) is 11.3 Å². The smallest absolute Gasteiger partial charge is 0.0160 e. The van der Waals surface area contributed by atoms with Gasteiger partial charge in [-0.2, -0.15) is 0 Å². The van der Waals surface area contributed by atoms with Crippen molar-refractivity contribution >= 4 is 0 Å². The Labute approximate surface area is 90.6 Å². The van der Waals surface area contributed by atoms with Crippen molar-refractivity contribution in [2.24, 2.45) is 0 Å². The molecule has 0 atom stereocenters. The van der Waals surface area contributed by atoms with Gasteiger partial charge in [0, 0.05) is 25.7 Å². The molecule has 0 aliphatic heterocycles. The fourth-order valence-corrected chi connectivity index (χ4v) is 1.07. The molecule has 0 saturated heterocycles. The Morgan fingerprint density at radius 1 is 1.00 bits per heavy atom. The van der Waals surface area contributed by atoms with Crippen LogP contribution in [0, 0.1) is 6.07 Å². The van der Waals surface area contributed by atoms with E-state index in [1.165, 1.54) is 0 Å². The largest absolute Gasteiger partial charge is 0.305 e. The van der Waals surface area contributed by atoms with E-state index in [1.54, 1.807) is 6.20 Å². The van der Waals surface area contributed by atoms with Gasteiger partial charge in [-0.1, -0.05) is 12.1 Å². The first kappa shape index (κ1) is 10.1. The third kappa shape index (κ3) is 2.46. The first-order chi connectivity index (χ1) is 5.97. The summed E-state index contributed by atoms with van der Waals surface area (Å²) in [4.78, 5) is 4.22. The Kier molecular flexibility index (Phi) is 3.79. The molecular formula is C11H8NRh-. The Hall–Kier alpha value is -1.01. The molecule has 0 aliphatic carbocycles. The SMILES string of the molecule is [Rh].[c-]1ccccc1-c1ccccn1. The minimum Gasteiger partial charge on any atom is -0.305 e. The van der Waals surface area contributed by atoms with E-state index < -0.39 is 0 Å². The number of pyridine rings is 1. The van der Waals surface area contributed by atoms with Crippen LogP contribution in [-0.4, -0.2) is 4.98 Å². The van der Waals surface area contributed by atoms with Crippen LogP contribution in [0.15, 0.2) is 48.7 Å². The monoisotopic (exact) mass is 257 g/mol. The summed E-state index contributed by atoms with van der Waals surface area (Å²) in [6.07, 6.45) is 1.79. The van der Waals surface area contributed by atoms with E-state index in [0.29, 0.717) is 0 Å². The zero-order chi connectivity index (χ0) is 8.23. The summed E-state index contributed by atoms with van der Waals surface area (Å²) in [6.45, 7) is 0. The van der Waals surface area contributed by atoms with Gasteiger partial charge in [-0.15, -0.1) is 35.9 Å². The Morgan fingerprint density at radius 3 is 2.46 bits per heavy atom. The van der Waals surface area contributed by atoms with Crippen molar-refractivity contribution in [2.45, 2.75) is 0 Å². The maximum absolute atomic E-state index is 4.22. The van der Waals surface area contributed by atoms with Gasteiger partial charge in [0.2, 0.25) is 0 Å². The van der Waals surface area contributed by atoms with Crippen molar-refractivity contribution < 1.29 is 19.5 Å². The summed E-state index contributed by atoms with van der Waals surface area (Å²) in [5, 5.41) is 0. The Bertz CT molecular complexity index is 307. The molecule has 0 unspecified atom stereocenters. The molecule has 0 aliphatic rings. The van der Waals surface area contributed by atoms with E-state index in [2.05, 4.69) is 11.1 Å². The third-order valence-corrected chi connectivity index (χ3v) is 1.65. The second-order valence-electron chi connectivity index (χ2n) is 2.49. The number of nitrogens with zero attached hydrogens (tertiary/aromatic N) is 1. The normalized spacial score (nSPS) is 8.92. The fraction of sp³-hybridized carbons (Fsp3) is 0. The second-order valence-corrected chi connectivity index (χ2v) is 2.49. The summed E-state index contributed by atoms with van der Waals surface area (Å²) in [7, 11) is 0. The van der Waals surface area contributed by atoms with E-state index >= 15 is 0 Å². The van der Waals surface area contributed by atoms with Crippen molar-refractivity contribution in [3.05, 3.63) is 54.7 Å². The topological polar surface area (TPSA) is 12.9 Å². The van der Waals surface area contributed by atoms with Gasteiger partial charge in [-0.3, -0.25) is 0 Å². The molecule has 0 saturated carbocycles. The minimum absolute atomic E-state index is 0. The second kappa shape index (κ2) is 4.88. The molecule has 1 aromatic carbocycles. The van der Waals surface area contributed by atoms with Crippen LogP contribution in [-0.2, 0) is 19.5 Å². The molecule has 0 N–H and O–H groups in total. The quantitative estimate of drug-likeness (QED) is 0.565. The number of aromatic nitrogens is 1. The van der Waals surface area contributed by atoms with Crippen molar-refractivity contribution in [3.8, 4) is 11.3 Å². The number of benzene rings is 1. The van der Waals surface area contributed by atoms with Crippen LogP contribution in [0.2, 0.25) is 0 Å². The molecule has 0 spiro atoms. The van der Waals surface area contributed by atoms with Crippen LogP contribution in [0.4, 0.5) is 0 Å². The van der Waals surface area contributed by atoms with Gasteiger partial charge in [0.1, 0.15) is 0 Å². The number of hydrogen-bond acceptors (Lipinski definition) is 1. The number of hydrogen-bond donors (Lipinski definition) is 0. The molecular weight excluding hydrogens is 249 g/mol. The molecule has 0 bridgehead atoms. The van der Waals surface area contributed by atoms with Crippen molar-refractivity contribution in [2.75, 3.05) is 0 Å².